The van der Waals surface area contributed by atoms with Crippen LogP contribution in [0.25, 0.3) is 0 Å². The average Bonchev–Trinajstić information content (AvgIpc) is 2.25. The van der Waals surface area contributed by atoms with Crippen LogP contribution in [-0.2, 0) is 4.79 Å². The predicted octanol–water partition coefficient (Wildman–Crippen LogP) is 2.17. The number of nitriles is 1. The van der Waals surface area contributed by atoms with E-state index in [2.05, 4.69) is 26.5 Å². The van der Waals surface area contributed by atoms with Crippen LogP contribution in [-0.4, -0.2) is 17.2 Å². The first-order chi connectivity index (χ1) is 8.04. The highest BCUT2D eigenvalue weighted by molar-refractivity contribution is 9.10. The van der Waals surface area contributed by atoms with E-state index in [1.54, 1.807) is 6.07 Å². The zero-order valence-electron chi connectivity index (χ0n) is 8.44. The second-order valence-corrected chi connectivity index (χ2v) is 4.24. The zero-order valence-corrected chi connectivity index (χ0v) is 10.8. The molecule has 0 radical (unpaired) electrons. The quantitative estimate of drug-likeness (QED) is 0.662. The van der Waals surface area contributed by atoms with Gasteiger partial charge in [0.1, 0.15) is 12.2 Å². The van der Waals surface area contributed by atoms with Crippen LogP contribution in [0.4, 0.5) is 0 Å². The van der Waals surface area contributed by atoms with Crippen molar-refractivity contribution in [3.63, 3.8) is 0 Å². The van der Waals surface area contributed by atoms with Crippen LogP contribution < -0.4 is 5.43 Å². The van der Waals surface area contributed by atoms with Gasteiger partial charge in [-0.05, 0) is 28.1 Å². The second-order valence-electron chi connectivity index (χ2n) is 2.95. The van der Waals surface area contributed by atoms with Gasteiger partial charge in [-0.1, -0.05) is 11.6 Å². The molecule has 1 amide bonds. The van der Waals surface area contributed by atoms with Gasteiger partial charge < -0.3 is 5.11 Å². The molecule has 0 unspecified atom stereocenters. The third-order valence-electron chi connectivity index (χ3n) is 1.69. The number of carbonyl (C=O) groups excluding carboxylic acids is 1. The Kier molecular flexibility index (Phi) is 4.94. The summed E-state index contributed by atoms with van der Waals surface area (Å²) in [7, 11) is 0. The Labute approximate surface area is 111 Å². The molecule has 0 saturated heterocycles. The van der Waals surface area contributed by atoms with Crippen LogP contribution in [0, 0.1) is 11.3 Å². The van der Waals surface area contributed by atoms with Gasteiger partial charge in [-0.2, -0.15) is 10.4 Å². The number of nitrogens with zero attached hydrogens (tertiary/aromatic N) is 2. The number of phenols is 1. The lowest BCUT2D eigenvalue weighted by atomic mass is 10.2. The van der Waals surface area contributed by atoms with Crippen molar-refractivity contribution in [3.8, 4) is 11.8 Å². The smallest absolute Gasteiger partial charge is 0.254 e. The molecule has 1 aromatic rings. The van der Waals surface area contributed by atoms with Crippen molar-refractivity contribution in [2.24, 2.45) is 5.10 Å². The maximum absolute atomic E-state index is 10.9. The van der Waals surface area contributed by atoms with Gasteiger partial charge in [0, 0.05) is 10.6 Å². The molecule has 2 N–H and O–H groups in total. The van der Waals surface area contributed by atoms with Crippen molar-refractivity contribution in [1.82, 2.24) is 5.43 Å². The number of benzene rings is 1. The standard InChI is InChI=1S/C10H7BrClN3O2/c11-8-4-7(12)3-6(10(8)17)5-14-15-9(16)1-2-13/h3-5,17H,1H2,(H,15,16). The molecule has 88 valence electrons. The van der Waals surface area contributed by atoms with Gasteiger partial charge in [0.2, 0.25) is 0 Å². The Morgan fingerprint density at radius 3 is 3.06 bits per heavy atom. The molecule has 1 rings (SSSR count). The fraction of sp³-hybridized carbons (Fsp3) is 0.100. The van der Waals surface area contributed by atoms with Crippen molar-refractivity contribution in [2.75, 3.05) is 0 Å². The van der Waals surface area contributed by atoms with Gasteiger partial charge in [-0.25, -0.2) is 5.43 Å². The summed E-state index contributed by atoms with van der Waals surface area (Å²) in [5.41, 5.74) is 2.49. The van der Waals surface area contributed by atoms with E-state index in [4.69, 9.17) is 16.9 Å². The Balaban J connectivity index is 2.79. The van der Waals surface area contributed by atoms with Crippen molar-refractivity contribution in [1.29, 1.82) is 5.26 Å². The molecule has 17 heavy (non-hydrogen) atoms. The molecule has 0 aliphatic heterocycles. The number of halogens is 2. The highest BCUT2D eigenvalue weighted by Gasteiger charge is 2.05. The molecule has 7 heteroatoms. The lowest BCUT2D eigenvalue weighted by Crippen LogP contribution is -2.16. The Bertz CT molecular complexity index is 511. The zero-order chi connectivity index (χ0) is 12.8. The van der Waals surface area contributed by atoms with Crippen LogP contribution in [0.15, 0.2) is 21.7 Å². The Hall–Kier alpha value is -1.58. The molecule has 1 aromatic carbocycles. The number of aromatic hydroxyl groups is 1. The van der Waals surface area contributed by atoms with Crippen LogP contribution >= 0.6 is 27.5 Å². The van der Waals surface area contributed by atoms with Crippen LogP contribution in [0.3, 0.4) is 0 Å². The van der Waals surface area contributed by atoms with Gasteiger partial charge >= 0.3 is 0 Å². The Morgan fingerprint density at radius 2 is 2.41 bits per heavy atom. The van der Waals surface area contributed by atoms with Crippen LogP contribution in [0.1, 0.15) is 12.0 Å². The molecule has 0 fully saturated rings. The van der Waals surface area contributed by atoms with Gasteiger partial charge in [0.15, 0.2) is 0 Å². The highest BCUT2D eigenvalue weighted by atomic mass is 79.9. The molecule has 0 saturated carbocycles. The number of carbonyl (C=O) groups is 1. The fourth-order valence-electron chi connectivity index (χ4n) is 0.969. The molecule has 0 spiro atoms. The van der Waals surface area contributed by atoms with Crippen molar-refractivity contribution in [2.45, 2.75) is 6.42 Å². The van der Waals surface area contributed by atoms with E-state index < -0.39 is 5.91 Å². The van der Waals surface area contributed by atoms with Crippen molar-refractivity contribution in [3.05, 3.63) is 27.2 Å². The van der Waals surface area contributed by atoms with Crippen molar-refractivity contribution < 1.29 is 9.90 Å². The molecule has 0 atom stereocenters. The second kappa shape index (κ2) is 6.23. The molecular weight excluding hydrogens is 309 g/mol. The summed E-state index contributed by atoms with van der Waals surface area (Å²) in [6.45, 7) is 0. The first kappa shape index (κ1) is 13.5. The lowest BCUT2D eigenvalue weighted by molar-refractivity contribution is -0.120. The van der Waals surface area contributed by atoms with E-state index in [1.165, 1.54) is 18.3 Å². The number of hydrogen-bond donors (Lipinski definition) is 2. The SMILES string of the molecule is N#CCC(=O)NN=Cc1cc(Cl)cc(Br)c1O. The number of amides is 1. The Morgan fingerprint density at radius 1 is 1.71 bits per heavy atom. The van der Waals surface area contributed by atoms with Gasteiger partial charge in [0.05, 0.1) is 16.8 Å². The summed E-state index contributed by atoms with van der Waals surface area (Å²) in [6.07, 6.45) is 0.962. The predicted molar refractivity (Wildman–Crippen MR) is 66.8 cm³/mol. The molecule has 5 nitrogen and oxygen atoms in total. The maximum atomic E-state index is 10.9. The summed E-state index contributed by atoms with van der Waals surface area (Å²) in [5.74, 6) is -0.558. The van der Waals surface area contributed by atoms with Crippen LogP contribution in [0.5, 0.6) is 5.75 Å². The number of rotatable bonds is 3. The van der Waals surface area contributed by atoms with E-state index in [0.29, 0.717) is 15.1 Å². The first-order valence-electron chi connectivity index (χ1n) is 4.41. The average molecular weight is 317 g/mol. The summed E-state index contributed by atoms with van der Waals surface area (Å²) in [5, 5.41) is 21.9. The van der Waals surface area contributed by atoms with Gasteiger partial charge in [-0.3, -0.25) is 4.79 Å². The molecular formula is C10H7BrClN3O2. The number of phenolic OH excluding ortho intramolecular Hbond substituents is 1. The summed E-state index contributed by atoms with van der Waals surface area (Å²) >= 11 is 8.90. The largest absolute Gasteiger partial charge is 0.506 e. The molecule has 0 bridgehead atoms. The number of hydrogen-bond acceptors (Lipinski definition) is 4. The first-order valence-corrected chi connectivity index (χ1v) is 5.58. The molecule has 0 aromatic heterocycles. The van der Waals surface area contributed by atoms with Gasteiger partial charge in [-0.15, -0.1) is 0 Å². The summed E-state index contributed by atoms with van der Waals surface area (Å²) in [4.78, 5) is 10.9. The van der Waals surface area contributed by atoms with E-state index >= 15 is 0 Å². The van der Waals surface area contributed by atoms with E-state index in [9.17, 15) is 9.90 Å². The van der Waals surface area contributed by atoms with Crippen molar-refractivity contribution >= 4 is 39.7 Å². The van der Waals surface area contributed by atoms with Gasteiger partial charge in [0.25, 0.3) is 5.91 Å². The van der Waals surface area contributed by atoms with E-state index in [1.807, 2.05) is 0 Å². The number of nitrogens with one attached hydrogen (secondary N) is 1. The van der Waals surface area contributed by atoms with E-state index in [0.717, 1.165) is 0 Å². The topological polar surface area (TPSA) is 85.5 Å². The third-order valence-corrected chi connectivity index (χ3v) is 2.51. The molecule has 0 heterocycles. The molecule has 0 aliphatic rings. The minimum atomic E-state index is -0.524. The van der Waals surface area contributed by atoms with Crippen LogP contribution in [0.2, 0.25) is 5.02 Å². The number of hydrazone groups is 1. The molecule has 0 aliphatic carbocycles. The third kappa shape index (κ3) is 4.06. The minimum Gasteiger partial charge on any atom is -0.506 e. The summed E-state index contributed by atoms with van der Waals surface area (Å²) < 4.78 is 0.426. The lowest BCUT2D eigenvalue weighted by Gasteiger charge is -2.02. The normalized spacial score (nSPS) is 10.2. The summed E-state index contributed by atoms with van der Waals surface area (Å²) in [6, 6.07) is 4.70. The minimum absolute atomic E-state index is 0.0346. The highest BCUT2D eigenvalue weighted by Crippen LogP contribution is 2.30. The van der Waals surface area contributed by atoms with E-state index in [-0.39, 0.29) is 12.2 Å². The monoisotopic (exact) mass is 315 g/mol. The fourth-order valence-corrected chi connectivity index (χ4v) is 1.80. The maximum Gasteiger partial charge on any atom is 0.254 e.